The van der Waals surface area contributed by atoms with Crippen LogP contribution in [-0.2, 0) is 5.41 Å². The van der Waals surface area contributed by atoms with Crippen molar-refractivity contribution in [2.24, 2.45) is 0 Å². The predicted octanol–water partition coefficient (Wildman–Crippen LogP) is 2.99. The Bertz CT molecular complexity index is 426. The summed E-state index contributed by atoms with van der Waals surface area (Å²) in [6.07, 6.45) is 1.83. The van der Waals surface area contributed by atoms with E-state index in [4.69, 9.17) is 0 Å². The maximum Gasteiger partial charge on any atom is 0.105 e. The Kier molecular flexibility index (Phi) is 1.84. The van der Waals surface area contributed by atoms with Crippen molar-refractivity contribution >= 4 is 21.7 Å². The molecule has 0 saturated carbocycles. The maximum atomic E-state index is 4.45. The lowest BCUT2D eigenvalue weighted by Crippen LogP contribution is -2.11. The fourth-order valence-electron chi connectivity index (χ4n) is 1.27. The number of pyridine rings is 1. The molecule has 2 aromatic heterocycles. The second-order valence-corrected chi connectivity index (χ2v) is 4.94. The Hall–Kier alpha value is -0.960. The van der Waals surface area contributed by atoms with Crippen LogP contribution >= 0.6 is 11.5 Å². The number of nitrogens with zero attached hydrogens (tertiary/aromatic N) is 2. The first-order chi connectivity index (χ1) is 6.09. The monoisotopic (exact) mass is 192 g/mol. The van der Waals surface area contributed by atoms with Gasteiger partial charge < -0.3 is 0 Å². The first-order valence-electron chi connectivity index (χ1n) is 4.30. The fraction of sp³-hybridized carbons (Fsp3) is 0.400. The molecule has 0 unspecified atom stereocenters. The molecule has 0 fully saturated rings. The summed E-state index contributed by atoms with van der Waals surface area (Å²) in [5.74, 6) is 0. The first-order valence-corrected chi connectivity index (χ1v) is 5.07. The summed E-state index contributed by atoms with van der Waals surface area (Å²) in [6, 6.07) is 4.02. The van der Waals surface area contributed by atoms with Gasteiger partial charge in [-0.2, -0.15) is 4.37 Å². The second-order valence-electron chi connectivity index (χ2n) is 4.13. The molecule has 2 rings (SSSR count). The van der Waals surface area contributed by atoms with Crippen molar-refractivity contribution in [2.75, 3.05) is 0 Å². The quantitative estimate of drug-likeness (QED) is 0.641. The SMILES string of the molecule is CC(C)(C)c1nsc2cccnc12. The van der Waals surface area contributed by atoms with Crippen LogP contribution in [0.2, 0.25) is 0 Å². The van der Waals surface area contributed by atoms with E-state index in [0.717, 1.165) is 11.2 Å². The Morgan fingerprint density at radius 1 is 1.31 bits per heavy atom. The molecule has 0 bridgehead atoms. The summed E-state index contributed by atoms with van der Waals surface area (Å²) in [6.45, 7) is 6.49. The van der Waals surface area contributed by atoms with Crippen molar-refractivity contribution in [2.45, 2.75) is 26.2 Å². The predicted molar refractivity (Wildman–Crippen MR) is 56.1 cm³/mol. The number of aromatic nitrogens is 2. The van der Waals surface area contributed by atoms with Crippen LogP contribution in [0.15, 0.2) is 18.3 Å². The van der Waals surface area contributed by atoms with Crippen LogP contribution in [0.5, 0.6) is 0 Å². The summed E-state index contributed by atoms with van der Waals surface area (Å²) in [4.78, 5) is 4.36. The molecule has 0 saturated heterocycles. The van der Waals surface area contributed by atoms with E-state index in [-0.39, 0.29) is 5.41 Å². The van der Waals surface area contributed by atoms with Crippen molar-refractivity contribution in [1.82, 2.24) is 9.36 Å². The molecule has 0 radical (unpaired) electrons. The Morgan fingerprint density at radius 2 is 2.08 bits per heavy atom. The lowest BCUT2D eigenvalue weighted by atomic mass is 9.91. The van der Waals surface area contributed by atoms with Crippen molar-refractivity contribution in [3.8, 4) is 0 Å². The molecule has 0 aromatic carbocycles. The van der Waals surface area contributed by atoms with Crippen LogP contribution < -0.4 is 0 Å². The third-order valence-electron chi connectivity index (χ3n) is 1.94. The summed E-state index contributed by atoms with van der Waals surface area (Å²) < 4.78 is 5.62. The highest BCUT2D eigenvalue weighted by Gasteiger charge is 2.20. The summed E-state index contributed by atoms with van der Waals surface area (Å²) >= 11 is 1.53. The van der Waals surface area contributed by atoms with Crippen LogP contribution in [0.25, 0.3) is 10.2 Å². The third-order valence-corrected chi connectivity index (χ3v) is 2.74. The van der Waals surface area contributed by atoms with Gasteiger partial charge in [0.15, 0.2) is 0 Å². The molecule has 0 aliphatic rings. The van der Waals surface area contributed by atoms with Crippen LogP contribution in [0, 0.1) is 0 Å². The van der Waals surface area contributed by atoms with E-state index in [2.05, 4.69) is 36.2 Å². The van der Waals surface area contributed by atoms with Crippen LogP contribution in [-0.4, -0.2) is 9.36 Å². The highest BCUT2D eigenvalue weighted by atomic mass is 32.1. The number of fused-ring (bicyclic) bond motifs is 1. The van der Waals surface area contributed by atoms with Crippen molar-refractivity contribution in [1.29, 1.82) is 0 Å². The van der Waals surface area contributed by atoms with Gasteiger partial charge in [0.1, 0.15) is 5.52 Å². The minimum Gasteiger partial charge on any atom is -0.253 e. The molecule has 13 heavy (non-hydrogen) atoms. The minimum absolute atomic E-state index is 0.0899. The van der Waals surface area contributed by atoms with Crippen LogP contribution in [0.3, 0.4) is 0 Å². The molecule has 0 spiro atoms. The van der Waals surface area contributed by atoms with Gasteiger partial charge in [0.05, 0.1) is 10.4 Å². The smallest absolute Gasteiger partial charge is 0.105 e. The Morgan fingerprint density at radius 3 is 2.77 bits per heavy atom. The Labute approximate surface area is 81.8 Å². The van der Waals surface area contributed by atoms with Gasteiger partial charge in [0.25, 0.3) is 0 Å². The molecule has 0 aliphatic carbocycles. The standard InChI is InChI=1S/C10H12N2S/c1-10(2,3)9-8-7(13-12-9)5-4-6-11-8/h4-6H,1-3H3. The van der Waals surface area contributed by atoms with Crippen LogP contribution in [0.4, 0.5) is 0 Å². The Balaban J connectivity index is 2.72. The largest absolute Gasteiger partial charge is 0.253 e. The molecule has 3 heteroatoms. The molecule has 0 N–H and O–H groups in total. The average molecular weight is 192 g/mol. The average Bonchev–Trinajstić information content (AvgIpc) is 2.45. The van der Waals surface area contributed by atoms with Gasteiger partial charge in [-0.3, -0.25) is 4.98 Å². The number of rotatable bonds is 0. The maximum absolute atomic E-state index is 4.45. The lowest BCUT2D eigenvalue weighted by Gasteiger charge is -2.14. The normalized spacial score (nSPS) is 12.2. The van der Waals surface area contributed by atoms with Crippen molar-refractivity contribution in [3.63, 3.8) is 0 Å². The topological polar surface area (TPSA) is 25.8 Å². The van der Waals surface area contributed by atoms with Crippen molar-refractivity contribution < 1.29 is 0 Å². The summed E-state index contributed by atoms with van der Waals surface area (Å²) in [7, 11) is 0. The molecule has 2 heterocycles. The summed E-state index contributed by atoms with van der Waals surface area (Å²) in [5.41, 5.74) is 2.25. The van der Waals surface area contributed by atoms with Crippen LogP contribution in [0.1, 0.15) is 26.5 Å². The number of hydrogen-bond acceptors (Lipinski definition) is 3. The van der Waals surface area contributed by atoms with E-state index < -0.39 is 0 Å². The zero-order valence-electron chi connectivity index (χ0n) is 8.03. The van der Waals surface area contributed by atoms with E-state index in [1.807, 2.05) is 12.3 Å². The number of hydrogen-bond donors (Lipinski definition) is 0. The molecular weight excluding hydrogens is 180 g/mol. The summed E-state index contributed by atoms with van der Waals surface area (Å²) in [5, 5.41) is 0. The lowest BCUT2D eigenvalue weighted by molar-refractivity contribution is 0.580. The van der Waals surface area contributed by atoms with E-state index in [1.165, 1.54) is 16.2 Å². The third kappa shape index (κ3) is 1.44. The van der Waals surface area contributed by atoms with E-state index in [1.54, 1.807) is 0 Å². The second kappa shape index (κ2) is 2.77. The molecule has 2 aromatic rings. The van der Waals surface area contributed by atoms with Gasteiger partial charge in [-0.1, -0.05) is 20.8 Å². The van der Waals surface area contributed by atoms with Gasteiger partial charge in [0.2, 0.25) is 0 Å². The van der Waals surface area contributed by atoms with Gasteiger partial charge in [-0.15, -0.1) is 0 Å². The van der Waals surface area contributed by atoms with E-state index in [9.17, 15) is 0 Å². The van der Waals surface area contributed by atoms with Gasteiger partial charge in [-0.25, -0.2) is 0 Å². The zero-order chi connectivity index (χ0) is 9.47. The minimum atomic E-state index is 0.0899. The van der Waals surface area contributed by atoms with E-state index in [0.29, 0.717) is 0 Å². The molecule has 0 atom stereocenters. The highest BCUT2D eigenvalue weighted by Crippen LogP contribution is 2.29. The highest BCUT2D eigenvalue weighted by molar-refractivity contribution is 7.13. The van der Waals surface area contributed by atoms with Gasteiger partial charge in [-0.05, 0) is 23.7 Å². The first kappa shape index (κ1) is 8.63. The van der Waals surface area contributed by atoms with Gasteiger partial charge >= 0.3 is 0 Å². The molecule has 68 valence electrons. The van der Waals surface area contributed by atoms with Crippen molar-refractivity contribution in [3.05, 3.63) is 24.0 Å². The molecule has 2 nitrogen and oxygen atoms in total. The molecule has 0 aliphatic heterocycles. The van der Waals surface area contributed by atoms with Gasteiger partial charge in [0, 0.05) is 11.6 Å². The molecular formula is C10H12N2S. The fourth-order valence-corrected chi connectivity index (χ4v) is 2.20. The van der Waals surface area contributed by atoms with E-state index >= 15 is 0 Å². The zero-order valence-corrected chi connectivity index (χ0v) is 8.85. The molecule has 0 amide bonds.